The Kier molecular flexibility index (Phi) is 5.21. The molecule has 17 heavy (non-hydrogen) atoms. The lowest BCUT2D eigenvalue weighted by atomic mass is 10.1. The van der Waals surface area contributed by atoms with Crippen LogP contribution in [0.2, 0.25) is 0 Å². The number of amides is 2. The van der Waals surface area contributed by atoms with Crippen molar-refractivity contribution in [3.05, 3.63) is 0 Å². The molecular weight excluding hydrogens is 224 g/mol. The Morgan fingerprint density at radius 3 is 2.53 bits per heavy atom. The van der Waals surface area contributed by atoms with Gasteiger partial charge in [-0.1, -0.05) is 6.92 Å². The molecule has 1 heterocycles. The lowest BCUT2D eigenvalue weighted by Crippen LogP contribution is -2.46. The molecule has 1 fully saturated rings. The molecule has 3 N–H and O–H groups in total. The minimum atomic E-state index is -0.854. The molecule has 0 aromatic carbocycles. The van der Waals surface area contributed by atoms with E-state index in [0.717, 1.165) is 0 Å². The van der Waals surface area contributed by atoms with E-state index >= 15 is 0 Å². The van der Waals surface area contributed by atoms with E-state index in [2.05, 4.69) is 5.32 Å². The standard InChI is InChI=1S/C11H20N2O4/c1-8(6-10(15)16)7-12-11(17)13-4-2-9(14)3-5-13/h8-9,14H,2-7H2,1H3,(H,12,17)(H,15,16). The summed E-state index contributed by atoms with van der Waals surface area (Å²) in [5, 5.41) is 20.6. The second kappa shape index (κ2) is 6.44. The Bertz CT molecular complexity index is 275. The van der Waals surface area contributed by atoms with Gasteiger partial charge in [-0.25, -0.2) is 4.79 Å². The highest BCUT2D eigenvalue weighted by Gasteiger charge is 2.21. The Labute approximate surface area is 101 Å². The molecule has 1 aliphatic heterocycles. The van der Waals surface area contributed by atoms with E-state index < -0.39 is 5.97 Å². The fraction of sp³-hybridized carbons (Fsp3) is 0.818. The number of urea groups is 1. The third-order valence-electron chi connectivity index (χ3n) is 2.88. The van der Waals surface area contributed by atoms with Crippen molar-refractivity contribution in [2.75, 3.05) is 19.6 Å². The zero-order chi connectivity index (χ0) is 12.8. The predicted octanol–water partition coefficient (Wildman–Crippen LogP) is 0.263. The summed E-state index contributed by atoms with van der Waals surface area (Å²) < 4.78 is 0. The number of piperidine rings is 1. The fourth-order valence-corrected chi connectivity index (χ4v) is 1.81. The first-order chi connectivity index (χ1) is 7.99. The van der Waals surface area contributed by atoms with Crippen molar-refractivity contribution in [1.82, 2.24) is 10.2 Å². The molecule has 6 nitrogen and oxygen atoms in total. The summed E-state index contributed by atoms with van der Waals surface area (Å²) >= 11 is 0. The molecular formula is C11H20N2O4. The van der Waals surface area contributed by atoms with E-state index in [4.69, 9.17) is 5.11 Å². The lowest BCUT2D eigenvalue weighted by molar-refractivity contribution is -0.137. The Morgan fingerprint density at radius 2 is 2.00 bits per heavy atom. The summed E-state index contributed by atoms with van der Waals surface area (Å²) in [6.07, 6.45) is 0.972. The number of aliphatic hydroxyl groups is 1. The first-order valence-electron chi connectivity index (χ1n) is 5.91. The summed E-state index contributed by atoms with van der Waals surface area (Å²) in [4.78, 5) is 23.8. The van der Waals surface area contributed by atoms with Gasteiger partial charge in [0.25, 0.3) is 0 Å². The second-order valence-electron chi connectivity index (χ2n) is 4.61. The van der Waals surface area contributed by atoms with Crippen LogP contribution in [0.25, 0.3) is 0 Å². The third-order valence-corrected chi connectivity index (χ3v) is 2.88. The lowest BCUT2D eigenvalue weighted by Gasteiger charge is -2.30. The highest BCUT2D eigenvalue weighted by molar-refractivity contribution is 5.74. The topological polar surface area (TPSA) is 89.9 Å². The summed E-state index contributed by atoms with van der Waals surface area (Å²) in [5.74, 6) is -0.931. The highest BCUT2D eigenvalue weighted by atomic mass is 16.4. The van der Waals surface area contributed by atoms with Crippen molar-refractivity contribution < 1.29 is 19.8 Å². The van der Waals surface area contributed by atoms with Crippen LogP contribution < -0.4 is 5.32 Å². The van der Waals surface area contributed by atoms with Crippen molar-refractivity contribution >= 4 is 12.0 Å². The number of nitrogens with one attached hydrogen (secondary N) is 1. The van der Waals surface area contributed by atoms with Crippen LogP contribution in [0, 0.1) is 5.92 Å². The number of carbonyl (C=O) groups excluding carboxylic acids is 1. The van der Waals surface area contributed by atoms with Gasteiger partial charge in [-0.05, 0) is 18.8 Å². The molecule has 1 saturated heterocycles. The monoisotopic (exact) mass is 244 g/mol. The number of aliphatic carboxylic acids is 1. The fourth-order valence-electron chi connectivity index (χ4n) is 1.81. The normalized spacial score (nSPS) is 18.8. The molecule has 1 rings (SSSR count). The molecule has 1 unspecified atom stereocenters. The van der Waals surface area contributed by atoms with Gasteiger partial charge in [0.2, 0.25) is 0 Å². The van der Waals surface area contributed by atoms with Gasteiger partial charge in [0.1, 0.15) is 0 Å². The Balaban J connectivity index is 2.22. The number of rotatable bonds is 4. The summed E-state index contributed by atoms with van der Waals surface area (Å²) in [5.41, 5.74) is 0. The van der Waals surface area contributed by atoms with Gasteiger partial charge < -0.3 is 20.4 Å². The number of hydrogen-bond acceptors (Lipinski definition) is 3. The highest BCUT2D eigenvalue weighted by Crippen LogP contribution is 2.10. The van der Waals surface area contributed by atoms with Crippen LogP contribution in [-0.4, -0.2) is 52.9 Å². The zero-order valence-electron chi connectivity index (χ0n) is 10.1. The van der Waals surface area contributed by atoms with Crippen LogP contribution in [0.15, 0.2) is 0 Å². The molecule has 0 bridgehead atoms. The van der Waals surface area contributed by atoms with E-state index in [9.17, 15) is 14.7 Å². The summed E-state index contributed by atoms with van der Waals surface area (Å²) in [6.45, 7) is 3.26. The van der Waals surface area contributed by atoms with E-state index in [-0.39, 0.29) is 24.5 Å². The minimum absolute atomic E-state index is 0.0546. The van der Waals surface area contributed by atoms with Crippen LogP contribution in [0.1, 0.15) is 26.2 Å². The number of nitrogens with zero attached hydrogens (tertiary/aromatic N) is 1. The van der Waals surface area contributed by atoms with Gasteiger partial charge in [-0.2, -0.15) is 0 Å². The van der Waals surface area contributed by atoms with Crippen molar-refractivity contribution in [2.24, 2.45) is 5.92 Å². The predicted molar refractivity (Wildman–Crippen MR) is 61.6 cm³/mol. The van der Waals surface area contributed by atoms with Crippen molar-refractivity contribution in [2.45, 2.75) is 32.3 Å². The molecule has 0 aliphatic carbocycles. The van der Waals surface area contributed by atoms with Crippen molar-refractivity contribution in [3.63, 3.8) is 0 Å². The molecule has 0 aromatic rings. The van der Waals surface area contributed by atoms with E-state index in [1.165, 1.54) is 0 Å². The molecule has 6 heteroatoms. The third kappa shape index (κ3) is 5.04. The molecule has 0 spiro atoms. The van der Waals surface area contributed by atoms with Gasteiger partial charge in [-0.15, -0.1) is 0 Å². The largest absolute Gasteiger partial charge is 0.481 e. The second-order valence-corrected chi connectivity index (χ2v) is 4.61. The SMILES string of the molecule is CC(CNC(=O)N1CCC(O)CC1)CC(=O)O. The van der Waals surface area contributed by atoms with Gasteiger partial charge in [-0.3, -0.25) is 4.79 Å². The molecule has 1 atom stereocenters. The first kappa shape index (κ1) is 13.8. The molecule has 2 amide bonds. The number of carbonyl (C=O) groups is 2. The maximum atomic E-state index is 11.7. The van der Waals surface area contributed by atoms with E-state index in [1.807, 2.05) is 0 Å². The molecule has 1 aliphatic rings. The Morgan fingerprint density at radius 1 is 1.41 bits per heavy atom. The van der Waals surface area contributed by atoms with Gasteiger partial charge in [0.15, 0.2) is 0 Å². The zero-order valence-corrected chi connectivity index (χ0v) is 10.1. The number of aliphatic hydroxyl groups excluding tert-OH is 1. The maximum Gasteiger partial charge on any atom is 0.317 e. The van der Waals surface area contributed by atoms with Crippen LogP contribution in [0.4, 0.5) is 4.79 Å². The smallest absolute Gasteiger partial charge is 0.317 e. The summed E-state index contributed by atoms with van der Waals surface area (Å²) in [6, 6.07) is -0.172. The van der Waals surface area contributed by atoms with Gasteiger partial charge in [0, 0.05) is 26.1 Å². The first-order valence-corrected chi connectivity index (χ1v) is 5.91. The maximum absolute atomic E-state index is 11.7. The minimum Gasteiger partial charge on any atom is -0.481 e. The molecule has 0 aromatic heterocycles. The van der Waals surface area contributed by atoms with Crippen molar-refractivity contribution in [1.29, 1.82) is 0 Å². The number of carboxylic acids is 1. The molecule has 0 saturated carbocycles. The number of hydrogen-bond donors (Lipinski definition) is 3. The average molecular weight is 244 g/mol. The molecule has 0 radical (unpaired) electrons. The van der Waals surface area contributed by atoms with E-state index in [1.54, 1.807) is 11.8 Å². The molecule has 98 valence electrons. The Hall–Kier alpha value is -1.30. The number of likely N-dealkylation sites (tertiary alicyclic amines) is 1. The van der Waals surface area contributed by atoms with Crippen LogP contribution >= 0.6 is 0 Å². The van der Waals surface area contributed by atoms with Crippen LogP contribution in [0.3, 0.4) is 0 Å². The average Bonchev–Trinajstić information content (AvgIpc) is 2.26. The van der Waals surface area contributed by atoms with Crippen LogP contribution in [-0.2, 0) is 4.79 Å². The number of carboxylic acid groups (broad SMARTS) is 1. The van der Waals surface area contributed by atoms with E-state index in [0.29, 0.717) is 32.5 Å². The van der Waals surface area contributed by atoms with Gasteiger partial charge >= 0.3 is 12.0 Å². The quantitative estimate of drug-likeness (QED) is 0.662. The van der Waals surface area contributed by atoms with Gasteiger partial charge in [0.05, 0.1) is 6.10 Å². The van der Waals surface area contributed by atoms with Crippen molar-refractivity contribution in [3.8, 4) is 0 Å². The van der Waals surface area contributed by atoms with Crippen LogP contribution in [0.5, 0.6) is 0 Å². The summed E-state index contributed by atoms with van der Waals surface area (Å²) in [7, 11) is 0.